The highest BCUT2D eigenvalue weighted by Gasteiger charge is 2.09. The summed E-state index contributed by atoms with van der Waals surface area (Å²) in [5, 5.41) is 11.4. The Morgan fingerprint density at radius 1 is 1.35 bits per heavy atom. The summed E-state index contributed by atoms with van der Waals surface area (Å²) >= 11 is 0. The molecule has 1 aromatic heterocycles. The first-order valence-corrected chi connectivity index (χ1v) is 4.92. The van der Waals surface area contributed by atoms with Crippen molar-refractivity contribution >= 4 is 17.5 Å². The first-order valence-electron chi connectivity index (χ1n) is 4.92. The predicted octanol–water partition coefficient (Wildman–Crippen LogP) is 3.17. The average molecular weight is 235 g/mol. The summed E-state index contributed by atoms with van der Waals surface area (Å²) in [6.07, 6.45) is 0. The zero-order valence-corrected chi connectivity index (χ0v) is 9.03. The maximum Gasteiger partial charge on any atom is 0.371 e. The van der Waals surface area contributed by atoms with E-state index < -0.39 is 5.97 Å². The van der Waals surface area contributed by atoms with Crippen LogP contribution in [0.1, 0.15) is 16.1 Å². The molecule has 1 aromatic carbocycles. The fraction of sp³-hybridized carbons (Fsp3) is 0.0833. The maximum atomic E-state index is 13.3. The van der Waals surface area contributed by atoms with Crippen LogP contribution in [0.2, 0.25) is 0 Å². The van der Waals surface area contributed by atoms with Gasteiger partial charge in [-0.3, -0.25) is 0 Å². The SMILES string of the molecule is Cc1ccc(Nc2ccc(C(=O)O)o2)cc1F. The number of aromatic carboxylic acids is 1. The number of carboxylic acid groups (broad SMARTS) is 1. The zero-order valence-electron chi connectivity index (χ0n) is 9.03. The van der Waals surface area contributed by atoms with Crippen molar-refractivity contribution in [3.05, 3.63) is 47.5 Å². The topological polar surface area (TPSA) is 62.5 Å². The van der Waals surface area contributed by atoms with Crippen LogP contribution in [0.5, 0.6) is 0 Å². The Hall–Kier alpha value is -2.30. The molecular formula is C12H10FNO3. The predicted molar refractivity (Wildman–Crippen MR) is 60.1 cm³/mol. The minimum Gasteiger partial charge on any atom is -0.475 e. The number of carbonyl (C=O) groups is 1. The van der Waals surface area contributed by atoms with Crippen molar-refractivity contribution in [3.63, 3.8) is 0 Å². The van der Waals surface area contributed by atoms with Gasteiger partial charge in [0.2, 0.25) is 5.76 Å². The van der Waals surface area contributed by atoms with Gasteiger partial charge in [0.05, 0.1) is 0 Å². The van der Waals surface area contributed by atoms with Gasteiger partial charge in [-0.05, 0) is 30.7 Å². The molecular weight excluding hydrogens is 225 g/mol. The van der Waals surface area contributed by atoms with Crippen LogP contribution in [-0.2, 0) is 0 Å². The van der Waals surface area contributed by atoms with Gasteiger partial charge in [-0.15, -0.1) is 0 Å². The molecule has 0 unspecified atom stereocenters. The quantitative estimate of drug-likeness (QED) is 0.857. The standard InChI is InChI=1S/C12H10FNO3/c1-7-2-3-8(6-9(7)13)14-11-5-4-10(17-11)12(15)16/h2-6,14H,1H3,(H,15,16). The summed E-state index contributed by atoms with van der Waals surface area (Å²) in [5.74, 6) is -1.39. The lowest BCUT2D eigenvalue weighted by atomic mass is 10.2. The van der Waals surface area contributed by atoms with E-state index in [2.05, 4.69) is 5.32 Å². The van der Waals surface area contributed by atoms with E-state index in [1.54, 1.807) is 19.1 Å². The highest BCUT2D eigenvalue weighted by atomic mass is 19.1. The normalized spacial score (nSPS) is 10.2. The largest absolute Gasteiger partial charge is 0.475 e. The van der Waals surface area contributed by atoms with E-state index in [0.717, 1.165) is 0 Å². The fourth-order valence-electron chi connectivity index (χ4n) is 1.33. The number of benzene rings is 1. The van der Waals surface area contributed by atoms with Crippen LogP contribution >= 0.6 is 0 Å². The molecule has 0 atom stereocenters. The number of furan rings is 1. The third-order valence-electron chi connectivity index (χ3n) is 2.26. The lowest BCUT2D eigenvalue weighted by Crippen LogP contribution is -1.93. The van der Waals surface area contributed by atoms with Crippen LogP contribution in [0, 0.1) is 12.7 Å². The molecule has 0 aliphatic heterocycles. The van der Waals surface area contributed by atoms with Gasteiger partial charge in [0.25, 0.3) is 0 Å². The summed E-state index contributed by atoms with van der Waals surface area (Å²) in [5.41, 5.74) is 1.04. The van der Waals surface area contributed by atoms with Gasteiger partial charge >= 0.3 is 5.97 Å². The van der Waals surface area contributed by atoms with Crippen molar-refractivity contribution in [1.29, 1.82) is 0 Å². The number of rotatable bonds is 3. The molecule has 0 aliphatic rings. The highest BCUT2D eigenvalue weighted by molar-refractivity contribution is 5.85. The summed E-state index contributed by atoms with van der Waals surface area (Å²) in [7, 11) is 0. The maximum absolute atomic E-state index is 13.3. The molecule has 17 heavy (non-hydrogen) atoms. The molecule has 0 saturated heterocycles. The molecule has 0 aliphatic carbocycles. The molecule has 4 nitrogen and oxygen atoms in total. The van der Waals surface area contributed by atoms with Crippen molar-refractivity contribution in [2.24, 2.45) is 0 Å². The Morgan fingerprint density at radius 2 is 2.12 bits per heavy atom. The van der Waals surface area contributed by atoms with Gasteiger partial charge in [-0.25, -0.2) is 9.18 Å². The van der Waals surface area contributed by atoms with Crippen LogP contribution in [0.15, 0.2) is 34.7 Å². The van der Waals surface area contributed by atoms with Gasteiger partial charge in [-0.2, -0.15) is 0 Å². The Labute approximate surface area is 96.7 Å². The molecule has 2 rings (SSSR count). The molecule has 0 amide bonds. The van der Waals surface area contributed by atoms with Crippen molar-refractivity contribution in [3.8, 4) is 0 Å². The summed E-state index contributed by atoms with van der Waals surface area (Å²) in [6.45, 7) is 1.66. The minimum absolute atomic E-state index is 0.167. The number of anilines is 2. The van der Waals surface area contributed by atoms with Crippen LogP contribution in [0.3, 0.4) is 0 Å². The highest BCUT2D eigenvalue weighted by Crippen LogP contribution is 2.21. The first-order chi connectivity index (χ1) is 8.06. The van der Waals surface area contributed by atoms with Crippen molar-refractivity contribution in [2.45, 2.75) is 6.92 Å². The van der Waals surface area contributed by atoms with E-state index in [1.807, 2.05) is 0 Å². The molecule has 5 heteroatoms. The number of hydrogen-bond acceptors (Lipinski definition) is 3. The summed E-state index contributed by atoms with van der Waals surface area (Å²) in [4.78, 5) is 10.6. The van der Waals surface area contributed by atoms with E-state index in [4.69, 9.17) is 9.52 Å². The molecule has 2 aromatic rings. The monoisotopic (exact) mass is 235 g/mol. The average Bonchev–Trinajstić information content (AvgIpc) is 2.72. The zero-order chi connectivity index (χ0) is 12.4. The van der Waals surface area contributed by atoms with Crippen LogP contribution < -0.4 is 5.32 Å². The molecule has 0 spiro atoms. The Kier molecular flexibility index (Phi) is 2.82. The van der Waals surface area contributed by atoms with Gasteiger partial charge in [0.15, 0.2) is 5.88 Å². The first kappa shape index (κ1) is 11.2. The van der Waals surface area contributed by atoms with Crippen molar-refractivity contribution in [2.75, 3.05) is 5.32 Å². The number of hydrogen-bond donors (Lipinski definition) is 2. The van der Waals surface area contributed by atoms with Gasteiger partial charge in [0, 0.05) is 11.8 Å². The fourth-order valence-corrected chi connectivity index (χ4v) is 1.33. The Balaban J connectivity index is 2.19. The van der Waals surface area contributed by atoms with Gasteiger partial charge in [-0.1, -0.05) is 6.07 Å². The molecule has 0 bridgehead atoms. The molecule has 88 valence electrons. The number of carboxylic acids is 1. The summed E-state index contributed by atoms with van der Waals surface area (Å²) < 4.78 is 18.2. The van der Waals surface area contributed by atoms with Gasteiger partial charge < -0.3 is 14.8 Å². The number of halogens is 1. The third kappa shape index (κ3) is 2.44. The Bertz CT molecular complexity index is 563. The van der Waals surface area contributed by atoms with Crippen molar-refractivity contribution in [1.82, 2.24) is 0 Å². The molecule has 1 heterocycles. The van der Waals surface area contributed by atoms with Crippen molar-refractivity contribution < 1.29 is 18.7 Å². The van der Waals surface area contributed by atoms with E-state index in [0.29, 0.717) is 11.3 Å². The second-order valence-corrected chi connectivity index (χ2v) is 3.56. The second-order valence-electron chi connectivity index (χ2n) is 3.56. The van der Waals surface area contributed by atoms with E-state index in [9.17, 15) is 9.18 Å². The minimum atomic E-state index is -1.15. The second kappa shape index (κ2) is 4.29. The summed E-state index contributed by atoms with van der Waals surface area (Å²) in [6, 6.07) is 7.43. The lowest BCUT2D eigenvalue weighted by molar-refractivity contribution is 0.0663. The van der Waals surface area contributed by atoms with Crippen LogP contribution in [0.4, 0.5) is 16.0 Å². The van der Waals surface area contributed by atoms with Crippen LogP contribution in [0.25, 0.3) is 0 Å². The Morgan fingerprint density at radius 3 is 2.71 bits per heavy atom. The molecule has 0 fully saturated rings. The van der Waals surface area contributed by atoms with E-state index >= 15 is 0 Å². The number of nitrogens with one attached hydrogen (secondary N) is 1. The molecule has 0 saturated carbocycles. The van der Waals surface area contributed by atoms with Gasteiger partial charge in [0.1, 0.15) is 5.82 Å². The molecule has 0 radical (unpaired) electrons. The van der Waals surface area contributed by atoms with E-state index in [-0.39, 0.29) is 17.5 Å². The van der Waals surface area contributed by atoms with E-state index in [1.165, 1.54) is 18.2 Å². The number of aryl methyl sites for hydroxylation is 1. The molecule has 2 N–H and O–H groups in total. The third-order valence-corrected chi connectivity index (χ3v) is 2.26. The van der Waals surface area contributed by atoms with Crippen LogP contribution in [-0.4, -0.2) is 11.1 Å². The lowest BCUT2D eigenvalue weighted by Gasteiger charge is -2.04. The smallest absolute Gasteiger partial charge is 0.371 e.